The minimum atomic E-state index is -0.291. The van der Waals surface area contributed by atoms with Crippen LogP contribution in [0.1, 0.15) is 20.8 Å². The molecule has 1 aromatic heterocycles. The average molecular weight is 260 g/mol. The number of thiophene rings is 1. The number of ketones is 1. The highest BCUT2D eigenvalue weighted by Crippen LogP contribution is 2.24. The van der Waals surface area contributed by atoms with E-state index in [1.165, 1.54) is 18.2 Å². The summed E-state index contributed by atoms with van der Waals surface area (Å²) in [5.74, 6) is -0.574. The Bertz CT molecular complexity index is 611. The van der Waals surface area contributed by atoms with Gasteiger partial charge in [-0.3, -0.25) is 4.79 Å². The second-order valence-electron chi connectivity index (χ2n) is 3.87. The van der Waals surface area contributed by atoms with Crippen LogP contribution in [0.2, 0.25) is 0 Å². The number of phenols is 2. The highest BCUT2D eigenvalue weighted by molar-refractivity contribution is 7.11. The van der Waals surface area contributed by atoms with E-state index in [1.807, 2.05) is 18.4 Å². The van der Waals surface area contributed by atoms with Crippen molar-refractivity contribution < 1.29 is 15.0 Å². The normalized spacial score (nSPS) is 10.9. The van der Waals surface area contributed by atoms with E-state index in [4.69, 9.17) is 5.11 Å². The molecule has 0 saturated heterocycles. The van der Waals surface area contributed by atoms with Crippen LogP contribution in [0, 0.1) is 6.92 Å². The van der Waals surface area contributed by atoms with Gasteiger partial charge in [0, 0.05) is 10.9 Å². The topological polar surface area (TPSA) is 57.5 Å². The second-order valence-corrected chi connectivity index (χ2v) is 4.81. The SMILES string of the molecule is Cc1ccsc1/C=C/C(=O)c1ccc(O)cc1O. The van der Waals surface area contributed by atoms with Crippen molar-refractivity contribution in [3.8, 4) is 11.5 Å². The van der Waals surface area contributed by atoms with E-state index in [9.17, 15) is 9.90 Å². The van der Waals surface area contributed by atoms with Crippen molar-refractivity contribution >= 4 is 23.2 Å². The molecule has 0 fully saturated rings. The number of hydrogen-bond donors (Lipinski definition) is 2. The first kappa shape index (κ1) is 12.4. The van der Waals surface area contributed by atoms with Crippen LogP contribution in [0.5, 0.6) is 11.5 Å². The van der Waals surface area contributed by atoms with Crippen molar-refractivity contribution in [2.24, 2.45) is 0 Å². The lowest BCUT2D eigenvalue weighted by Crippen LogP contribution is -1.94. The van der Waals surface area contributed by atoms with Crippen LogP contribution in [0.25, 0.3) is 6.08 Å². The fourth-order valence-electron chi connectivity index (χ4n) is 1.52. The summed E-state index contributed by atoms with van der Waals surface area (Å²) in [6.45, 7) is 1.97. The number of aryl methyl sites for hydroxylation is 1. The van der Waals surface area contributed by atoms with Gasteiger partial charge in [0.15, 0.2) is 5.78 Å². The zero-order valence-corrected chi connectivity index (χ0v) is 10.6. The molecule has 4 heteroatoms. The van der Waals surface area contributed by atoms with Crippen LogP contribution in [0.15, 0.2) is 35.7 Å². The lowest BCUT2D eigenvalue weighted by atomic mass is 10.1. The van der Waals surface area contributed by atoms with Crippen LogP contribution >= 0.6 is 11.3 Å². The Morgan fingerprint density at radius 3 is 2.67 bits per heavy atom. The highest BCUT2D eigenvalue weighted by Gasteiger charge is 2.08. The van der Waals surface area contributed by atoms with Crippen molar-refractivity contribution in [2.45, 2.75) is 6.92 Å². The molecule has 1 aromatic carbocycles. The van der Waals surface area contributed by atoms with E-state index in [0.717, 1.165) is 16.5 Å². The molecule has 2 aromatic rings. The molecule has 92 valence electrons. The van der Waals surface area contributed by atoms with Crippen LogP contribution in [0.3, 0.4) is 0 Å². The standard InChI is InChI=1S/C14H12O3S/c1-9-6-7-18-14(9)5-4-12(16)11-3-2-10(15)8-13(11)17/h2-8,15,17H,1H3/b5-4+. The van der Waals surface area contributed by atoms with E-state index >= 15 is 0 Å². The zero-order chi connectivity index (χ0) is 13.1. The fraction of sp³-hybridized carbons (Fsp3) is 0.0714. The van der Waals surface area contributed by atoms with Gasteiger partial charge in [-0.1, -0.05) is 0 Å². The van der Waals surface area contributed by atoms with Gasteiger partial charge in [-0.2, -0.15) is 0 Å². The first-order valence-corrected chi connectivity index (χ1v) is 6.24. The molecule has 3 nitrogen and oxygen atoms in total. The van der Waals surface area contributed by atoms with Gasteiger partial charge in [0.25, 0.3) is 0 Å². The molecule has 0 spiro atoms. The summed E-state index contributed by atoms with van der Waals surface area (Å²) in [4.78, 5) is 12.9. The number of hydrogen-bond acceptors (Lipinski definition) is 4. The van der Waals surface area contributed by atoms with E-state index in [2.05, 4.69) is 0 Å². The van der Waals surface area contributed by atoms with E-state index in [1.54, 1.807) is 17.4 Å². The Morgan fingerprint density at radius 1 is 1.28 bits per heavy atom. The Balaban J connectivity index is 2.22. The largest absolute Gasteiger partial charge is 0.508 e. The van der Waals surface area contributed by atoms with E-state index in [0.29, 0.717) is 0 Å². The molecule has 0 unspecified atom stereocenters. The zero-order valence-electron chi connectivity index (χ0n) is 9.75. The molecule has 0 saturated carbocycles. The van der Waals surface area contributed by atoms with Gasteiger partial charge in [0.2, 0.25) is 0 Å². The number of phenolic OH excluding ortho intramolecular Hbond substituents is 2. The Morgan fingerprint density at radius 2 is 2.06 bits per heavy atom. The molecule has 1 heterocycles. The van der Waals surface area contributed by atoms with Crippen molar-refractivity contribution in [1.82, 2.24) is 0 Å². The smallest absolute Gasteiger partial charge is 0.189 e. The second kappa shape index (κ2) is 5.06. The molecule has 0 bridgehead atoms. The predicted molar refractivity (Wildman–Crippen MR) is 72.2 cm³/mol. The Hall–Kier alpha value is -2.07. The summed E-state index contributed by atoms with van der Waals surface area (Å²) >= 11 is 1.55. The highest BCUT2D eigenvalue weighted by atomic mass is 32.1. The lowest BCUT2D eigenvalue weighted by molar-refractivity contribution is 0.104. The summed E-state index contributed by atoms with van der Waals surface area (Å²) < 4.78 is 0. The minimum Gasteiger partial charge on any atom is -0.508 e. The molecule has 2 N–H and O–H groups in total. The summed E-state index contributed by atoms with van der Waals surface area (Å²) in [6.07, 6.45) is 3.15. The monoisotopic (exact) mass is 260 g/mol. The number of allylic oxidation sites excluding steroid dienone is 1. The van der Waals surface area contributed by atoms with Crippen LogP contribution in [0.4, 0.5) is 0 Å². The average Bonchev–Trinajstić information content (AvgIpc) is 2.72. The third kappa shape index (κ3) is 2.60. The van der Waals surface area contributed by atoms with E-state index < -0.39 is 0 Å². The van der Waals surface area contributed by atoms with Gasteiger partial charge in [-0.25, -0.2) is 0 Å². The van der Waals surface area contributed by atoms with Crippen LogP contribution in [-0.4, -0.2) is 16.0 Å². The number of rotatable bonds is 3. The van der Waals surface area contributed by atoms with Gasteiger partial charge >= 0.3 is 0 Å². The van der Waals surface area contributed by atoms with Gasteiger partial charge in [0.1, 0.15) is 11.5 Å². The molecule has 18 heavy (non-hydrogen) atoms. The summed E-state index contributed by atoms with van der Waals surface area (Å²) in [7, 11) is 0. The molecule has 0 aliphatic carbocycles. The van der Waals surface area contributed by atoms with Crippen molar-refractivity contribution in [1.29, 1.82) is 0 Å². The minimum absolute atomic E-state index is 0.0675. The number of benzene rings is 1. The molecule has 0 aliphatic rings. The molecule has 0 atom stereocenters. The van der Waals surface area contributed by atoms with Crippen molar-refractivity contribution in [3.63, 3.8) is 0 Å². The van der Waals surface area contributed by atoms with E-state index in [-0.39, 0.29) is 22.8 Å². The van der Waals surface area contributed by atoms with Crippen LogP contribution in [-0.2, 0) is 0 Å². The third-order valence-corrected chi connectivity index (χ3v) is 3.52. The molecule has 2 rings (SSSR count). The first-order chi connectivity index (χ1) is 8.58. The van der Waals surface area contributed by atoms with Gasteiger partial charge in [0.05, 0.1) is 5.56 Å². The Labute approximate surface area is 109 Å². The molecular formula is C14H12O3S. The molecular weight excluding hydrogens is 248 g/mol. The quantitative estimate of drug-likeness (QED) is 0.657. The maximum absolute atomic E-state index is 11.9. The van der Waals surface area contributed by atoms with Crippen molar-refractivity contribution in [2.75, 3.05) is 0 Å². The number of carbonyl (C=O) groups is 1. The lowest BCUT2D eigenvalue weighted by Gasteiger charge is -2.00. The van der Waals surface area contributed by atoms with Crippen LogP contribution < -0.4 is 0 Å². The van der Waals surface area contributed by atoms with Gasteiger partial charge < -0.3 is 10.2 Å². The summed E-state index contributed by atoms with van der Waals surface area (Å²) in [5, 5.41) is 20.7. The summed E-state index contributed by atoms with van der Waals surface area (Å²) in [6, 6.07) is 5.90. The maximum Gasteiger partial charge on any atom is 0.189 e. The first-order valence-electron chi connectivity index (χ1n) is 5.36. The van der Waals surface area contributed by atoms with Crippen molar-refractivity contribution in [3.05, 3.63) is 51.7 Å². The number of aromatic hydroxyl groups is 2. The molecule has 0 amide bonds. The van der Waals surface area contributed by atoms with Gasteiger partial charge in [-0.05, 0) is 48.2 Å². The van der Waals surface area contributed by atoms with Gasteiger partial charge in [-0.15, -0.1) is 11.3 Å². The fourth-order valence-corrected chi connectivity index (χ4v) is 2.34. The molecule has 0 aliphatic heterocycles. The Kier molecular flexibility index (Phi) is 3.48. The number of carbonyl (C=O) groups excluding carboxylic acids is 1. The third-order valence-electron chi connectivity index (χ3n) is 2.53. The predicted octanol–water partition coefficient (Wildman–Crippen LogP) is 3.36. The maximum atomic E-state index is 11.9. The molecule has 0 radical (unpaired) electrons. The summed E-state index contributed by atoms with van der Waals surface area (Å²) in [5.41, 5.74) is 1.29.